The van der Waals surface area contributed by atoms with Crippen molar-refractivity contribution in [1.29, 1.82) is 0 Å². The van der Waals surface area contributed by atoms with E-state index in [0.717, 1.165) is 15.8 Å². The summed E-state index contributed by atoms with van der Waals surface area (Å²) in [5.41, 5.74) is 4.48. The molecule has 3 aromatic carbocycles. The van der Waals surface area contributed by atoms with Crippen LogP contribution in [0.5, 0.6) is 11.5 Å². The molecule has 1 heterocycles. The molecule has 0 spiro atoms. The first-order valence-corrected chi connectivity index (χ1v) is 12.8. The van der Waals surface area contributed by atoms with Crippen molar-refractivity contribution in [2.45, 2.75) is 6.61 Å². The van der Waals surface area contributed by atoms with Gasteiger partial charge in [-0.05, 0) is 54.1 Å². The van der Waals surface area contributed by atoms with Gasteiger partial charge < -0.3 is 19.7 Å². The third-order valence-corrected chi connectivity index (χ3v) is 7.09. The van der Waals surface area contributed by atoms with Crippen molar-refractivity contribution in [2.75, 3.05) is 25.6 Å². The van der Waals surface area contributed by atoms with Gasteiger partial charge in [0.1, 0.15) is 18.1 Å². The molecule has 0 aliphatic heterocycles. The molecule has 0 atom stereocenters. The Hall–Kier alpha value is -3.59. The Bertz CT molecular complexity index is 1470. The van der Waals surface area contributed by atoms with Crippen LogP contribution in [0, 0.1) is 0 Å². The number of carbonyl (C=O) groups excluding carboxylic acids is 2. The SMILES string of the molecule is COc1cccc(C=CC(=O)NCC(=O)N(C)c2ccc(Cl)c(COc3ccc4ncsc4c3)c2Cl)c1. The number of carbonyl (C=O) groups is 2. The molecule has 2 amide bonds. The fourth-order valence-electron chi connectivity index (χ4n) is 3.45. The molecule has 37 heavy (non-hydrogen) atoms. The summed E-state index contributed by atoms with van der Waals surface area (Å²) in [5.74, 6) is 0.585. The van der Waals surface area contributed by atoms with Crippen molar-refractivity contribution < 1.29 is 19.1 Å². The Morgan fingerprint density at radius 2 is 1.95 bits per heavy atom. The van der Waals surface area contributed by atoms with Gasteiger partial charge in [-0.1, -0.05) is 35.3 Å². The highest BCUT2D eigenvalue weighted by Gasteiger charge is 2.19. The first-order chi connectivity index (χ1) is 17.9. The fraction of sp³-hybridized carbons (Fsp3) is 0.148. The largest absolute Gasteiger partial charge is 0.497 e. The number of anilines is 1. The second-order valence-corrected chi connectivity index (χ2v) is 9.58. The summed E-state index contributed by atoms with van der Waals surface area (Å²) in [6.45, 7) is -0.0961. The number of rotatable bonds is 9. The molecular formula is C27H23Cl2N3O4S. The van der Waals surface area contributed by atoms with Gasteiger partial charge in [-0.15, -0.1) is 11.3 Å². The smallest absolute Gasteiger partial charge is 0.246 e. The number of thiazole rings is 1. The number of likely N-dealkylation sites (N-methyl/N-ethyl adjacent to an activating group) is 1. The third kappa shape index (κ3) is 6.60. The van der Waals surface area contributed by atoms with Gasteiger partial charge in [0.25, 0.3) is 0 Å². The third-order valence-electron chi connectivity index (χ3n) is 5.52. The van der Waals surface area contributed by atoms with Crippen molar-refractivity contribution in [3.63, 3.8) is 0 Å². The number of hydrogen-bond acceptors (Lipinski definition) is 6. The minimum Gasteiger partial charge on any atom is -0.497 e. The molecule has 0 radical (unpaired) electrons. The van der Waals surface area contributed by atoms with E-state index in [1.807, 2.05) is 36.4 Å². The maximum atomic E-state index is 12.8. The van der Waals surface area contributed by atoms with Crippen LogP contribution in [0.25, 0.3) is 16.3 Å². The lowest BCUT2D eigenvalue weighted by Gasteiger charge is -2.21. The maximum absolute atomic E-state index is 12.8. The Kier molecular flexibility index (Phi) is 8.66. The van der Waals surface area contributed by atoms with E-state index < -0.39 is 5.91 Å². The first-order valence-electron chi connectivity index (χ1n) is 11.1. The van der Waals surface area contributed by atoms with E-state index in [9.17, 15) is 9.59 Å². The average Bonchev–Trinajstić information content (AvgIpc) is 3.38. The Balaban J connectivity index is 1.37. The summed E-state index contributed by atoms with van der Waals surface area (Å²) >= 11 is 14.5. The molecule has 0 aliphatic carbocycles. The summed E-state index contributed by atoms with van der Waals surface area (Å²) in [5, 5.41) is 3.31. The van der Waals surface area contributed by atoms with E-state index in [2.05, 4.69) is 10.3 Å². The first kappa shape index (κ1) is 26.5. The van der Waals surface area contributed by atoms with Crippen molar-refractivity contribution in [3.05, 3.63) is 87.4 Å². The van der Waals surface area contributed by atoms with Crippen LogP contribution >= 0.6 is 34.5 Å². The summed E-state index contributed by atoms with van der Waals surface area (Å²) in [7, 11) is 3.15. The molecule has 0 saturated heterocycles. The molecule has 7 nitrogen and oxygen atoms in total. The molecule has 0 fully saturated rings. The molecule has 4 rings (SSSR count). The summed E-state index contributed by atoms with van der Waals surface area (Å²) < 4.78 is 12.1. The van der Waals surface area contributed by atoms with Crippen LogP contribution in [0.1, 0.15) is 11.1 Å². The highest BCUT2D eigenvalue weighted by molar-refractivity contribution is 7.16. The zero-order valence-corrected chi connectivity index (χ0v) is 22.4. The lowest BCUT2D eigenvalue weighted by molar-refractivity contribution is -0.122. The highest BCUT2D eigenvalue weighted by Crippen LogP contribution is 2.35. The number of benzene rings is 3. The van der Waals surface area contributed by atoms with Crippen molar-refractivity contribution in [1.82, 2.24) is 10.3 Å². The summed E-state index contributed by atoms with van der Waals surface area (Å²) in [4.78, 5) is 30.6. The van der Waals surface area contributed by atoms with E-state index in [-0.39, 0.29) is 19.1 Å². The number of nitrogens with zero attached hydrogens (tertiary/aromatic N) is 2. The van der Waals surface area contributed by atoms with E-state index in [0.29, 0.717) is 32.8 Å². The van der Waals surface area contributed by atoms with Crippen LogP contribution in [0.4, 0.5) is 5.69 Å². The topological polar surface area (TPSA) is 80.8 Å². The standard InChI is InChI=1S/C27H23Cl2N3O4S/c1-32(26(34)14-30-25(33)11-6-17-4-3-5-18(12-17)35-2)23-10-8-21(28)20(27(23)29)15-36-19-7-9-22-24(13-19)37-16-31-22/h3-13,16H,14-15H2,1-2H3,(H,30,33). The van der Waals surface area contributed by atoms with Crippen molar-refractivity contribution >= 4 is 68.3 Å². The second kappa shape index (κ2) is 12.1. The average molecular weight is 556 g/mol. The number of fused-ring (bicyclic) bond motifs is 1. The maximum Gasteiger partial charge on any atom is 0.246 e. The predicted octanol–water partition coefficient (Wildman–Crippen LogP) is 5.98. The van der Waals surface area contributed by atoms with Gasteiger partial charge in [0.05, 0.1) is 40.1 Å². The number of aromatic nitrogens is 1. The molecule has 0 aliphatic rings. The summed E-state index contributed by atoms with van der Waals surface area (Å²) in [6, 6.07) is 16.2. The second-order valence-electron chi connectivity index (χ2n) is 7.91. The minimum atomic E-state index is -0.404. The molecule has 0 unspecified atom stereocenters. The van der Waals surface area contributed by atoms with Crippen LogP contribution in [0.2, 0.25) is 10.0 Å². The Labute approximate surface area is 228 Å². The van der Waals surface area contributed by atoms with Gasteiger partial charge in [-0.3, -0.25) is 9.59 Å². The van der Waals surface area contributed by atoms with Crippen molar-refractivity contribution in [2.24, 2.45) is 0 Å². The van der Waals surface area contributed by atoms with Gasteiger partial charge >= 0.3 is 0 Å². The molecule has 0 bridgehead atoms. The number of methoxy groups -OCH3 is 1. The Morgan fingerprint density at radius 1 is 1.11 bits per heavy atom. The fourth-order valence-corrected chi connectivity index (χ4v) is 4.76. The van der Waals surface area contributed by atoms with Crippen LogP contribution < -0.4 is 19.7 Å². The van der Waals surface area contributed by atoms with Gasteiger partial charge in [-0.25, -0.2) is 4.98 Å². The van der Waals surface area contributed by atoms with Crippen LogP contribution in [-0.2, 0) is 16.2 Å². The normalized spacial score (nSPS) is 11.0. The zero-order chi connectivity index (χ0) is 26.4. The number of amides is 2. The van der Waals surface area contributed by atoms with Gasteiger partial charge in [-0.2, -0.15) is 0 Å². The number of nitrogens with one attached hydrogen (secondary N) is 1. The number of halogens is 2. The van der Waals surface area contributed by atoms with E-state index in [4.69, 9.17) is 32.7 Å². The molecule has 10 heteroatoms. The monoisotopic (exact) mass is 555 g/mol. The predicted molar refractivity (Wildman–Crippen MR) is 149 cm³/mol. The lowest BCUT2D eigenvalue weighted by Crippen LogP contribution is -2.37. The van der Waals surface area contributed by atoms with E-state index >= 15 is 0 Å². The number of ether oxygens (including phenoxy) is 2. The minimum absolute atomic E-state index is 0.115. The summed E-state index contributed by atoms with van der Waals surface area (Å²) in [6.07, 6.45) is 3.00. The number of hydrogen-bond donors (Lipinski definition) is 1. The van der Waals surface area contributed by atoms with Crippen LogP contribution in [0.3, 0.4) is 0 Å². The lowest BCUT2D eigenvalue weighted by atomic mass is 10.2. The van der Waals surface area contributed by atoms with Crippen molar-refractivity contribution in [3.8, 4) is 11.5 Å². The van der Waals surface area contributed by atoms with E-state index in [1.54, 1.807) is 43.9 Å². The van der Waals surface area contributed by atoms with E-state index in [1.165, 1.54) is 22.3 Å². The molecule has 1 aromatic heterocycles. The quantitative estimate of drug-likeness (QED) is 0.257. The molecule has 1 N–H and O–H groups in total. The molecule has 0 saturated carbocycles. The molecule has 190 valence electrons. The highest BCUT2D eigenvalue weighted by atomic mass is 35.5. The Morgan fingerprint density at radius 3 is 2.76 bits per heavy atom. The molecular weight excluding hydrogens is 533 g/mol. The zero-order valence-electron chi connectivity index (χ0n) is 20.0. The van der Waals surface area contributed by atoms with Crippen LogP contribution in [-0.4, -0.2) is 37.5 Å². The molecule has 4 aromatic rings. The van der Waals surface area contributed by atoms with Gasteiger partial charge in [0.15, 0.2) is 0 Å². The van der Waals surface area contributed by atoms with Crippen LogP contribution in [0.15, 0.2) is 66.2 Å². The van der Waals surface area contributed by atoms with Gasteiger partial charge in [0, 0.05) is 23.7 Å². The van der Waals surface area contributed by atoms with Gasteiger partial charge in [0.2, 0.25) is 11.8 Å².